The number of ether oxygens (including phenoxy) is 1. The van der Waals surface area contributed by atoms with Gasteiger partial charge >= 0.3 is 0 Å². The van der Waals surface area contributed by atoms with Crippen LogP contribution in [0.4, 0.5) is 0 Å². The summed E-state index contributed by atoms with van der Waals surface area (Å²) >= 11 is 0. The molecule has 2 aliphatic rings. The van der Waals surface area contributed by atoms with E-state index in [0.717, 1.165) is 6.54 Å². The summed E-state index contributed by atoms with van der Waals surface area (Å²) in [5.74, 6) is 0.196. The molecule has 0 bridgehead atoms. The molecule has 0 radical (unpaired) electrons. The van der Waals surface area contributed by atoms with Gasteiger partial charge in [0.1, 0.15) is 0 Å². The third kappa shape index (κ3) is 2.77. The van der Waals surface area contributed by atoms with Gasteiger partial charge in [-0.3, -0.25) is 0 Å². The van der Waals surface area contributed by atoms with Crippen LogP contribution in [0.25, 0.3) is 0 Å². The molecule has 2 aliphatic heterocycles. The zero-order valence-corrected chi connectivity index (χ0v) is 14.2. The highest BCUT2D eigenvalue weighted by Gasteiger charge is 2.54. The highest BCUT2D eigenvalue weighted by molar-refractivity contribution is 5.03. The minimum absolute atomic E-state index is 0.196. The van der Waals surface area contributed by atoms with Crippen LogP contribution in [-0.4, -0.2) is 46.9 Å². The van der Waals surface area contributed by atoms with Gasteiger partial charge in [0.05, 0.1) is 17.3 Å². The number of rotatable bonds is 4. The molecule has 0 aromatic heterocycles. The van der Waals surface area contributed by atoms with E-state index in [1.807, 2.05) is 13.8 Å². The fourth-order valence-corrected chi connectivity index (χ4v) is 4.29. The second-order valence-corrected chi connectivity index (χ2v) is 8.05. The molecule has 2 fully saturated rings. The summed E-state index contributed by atoms with van der Waals surface area (Å²) in [6.07, 6.45) is 3.45. The second kappa shape index (κ2) is 5.26. The number of hydrogen-bond acceptors (Lipinski definition) is 3. The summed E-state index contributed by atoms with van der Waals surface area (Å²) < 4.78 is 6.10. The molecule has 2 atom stereocenters. The molecule has 118 valence electrons. The Balaban J connectivity index is 2.04. The van der Waals surface area contributed by atoms with Crippen molar-refractivity contribution in [3.63, 3.8) is 0 Å². The van der Waals surface area contributed by atoms with Crippen molar-refractivity contribution in [2.45, 2.75) is 78.1 Å². The molecule has 2 rings (SSSR count). The van der Waals surface area contributed by atoms with Crippen LogP contribution in [0.5, 0.6) is 0 Å². The minimum atomic E-state index is -0.430. The molecule has 2 heterocycles. The summed E-state index contributed by atoms with van der Waals surface area (Å²) in [5.41, 5.74) is -0.169. The van der Waals surface area contributed by atoms with Crippen molar-refractivity contribution in [2.75, 3.05) is 19.6 Å². The lowest BCUT2D eigenvalue weighted by Gasteiger charge is -2.32. The lowest BCUT2D eigenvalue weighted by Crippen LogP contribution is -2.43. The number of likely N-dealkylation sites (tertiary alicyclic amines) is 1. The van der Waals surface area contributed by atoms with E-state index in [0.29, 0.717) is 5.41 Å². The Kier molecular flexibility index (Phi) is 4.27. The van der Waals surface area contributed by atoms with E-state index in [1.165, 1.54) is 32.4 Å². The van der Waals surface area contributed by atoms with Crippen LogP contribution in [0.1, 0.15) is 60.8 Å². The SMILES string of the molecule is CCC1(CC)CCN(CC2C(O)C(C)(C)OC2(C)C)C1. The Morgan fingerprint density at radius 2 is 1.70 bits per heavy atom. The molecule has 3 heteroatoms. The maximum Gasteiger partial charge on any atom is 0.0896 e. The van der Waals surface area contributed by atoms with E-state index in [4.69, 9.17) is 4.74 Å². The maximum atomic E-state index is 10.6. The first-order chi connectivity index (χ1) is 9.16. The molecule has 0 aromatic carbocycles. The second-order valence-electron chi connectivity index (χ2n) is 8.05. The van der Waals surface area contributed by atoms with Crippen LogP contribution in [-0.2, 0) is 4.74 Å². The van der Waals surface area contributed by atoms with Crippen molar-refractivity contribution in [1.82, 2.24) is 4.90 Å². The van der Waals surface area contributed by atoms with E-state index >= 15 is 0 Å². The maximum absolute atomic E-state index is 10.6. The van der Waals surface area contributed by atoms with Crippen molar-refractivity contribution < 1.29 is 9.84 Å². The molecule has 0 amide bonds. The molecule has 0 aliphatic carbocycles. The molecule has 0 saturated carbocycles. The van der Waals surface area contributed by atoms with Gasteiger partial charge in [-0.2, -0.15) is 0 Å². The summed E-state index contributed by atoms with van der Waals surface area (Å²) in [6.45, 7) is 16.2. The van der Waals surface area contributed by atoms with Gasteiger partial charge < -0.3 is 14.7 Å². The third-order valence-corrected chi connectivity index (χ3v) is 5.98. The van der Waals surface area contributed by atoms with Gasteiger partial charge in [0.15, 0.2) is 0 Å². The van der Waals surface area contributed by atoms with Crippen molar-refractivity contribution >= 4 is 0 Å². The summed E-state index contributed by atoms with van der Waals surface area (Å²) in [5, 5.41) is 10.6. The Morgan fingerprint density at radius 3 is 2.10 bits per heavy atom. The summed E-state index contributed by atoms with van der Waals surface area (Å²) in [7, 11) is 0. The average Bonchev–Trinajstić information content (AvgIpc) is 2.83. The normalized spacial score (nSPS) is 35.5. The van der Waals surface area contributed by atoms with Crippen molar-refractivity contribution in [1.29, 1.82) is 0 Å². The van der Waals surface area contributed by atoms with Crippen molar-refractivity contribution in [3.8, 4) is 0 Å². The number of aliphatic hydroxyl groups excluding tert-OH is 1. The van der Waals surface area contributed by atoms with Gasteiger partial charge in [-0.05, 0) is 58.9 Å². The van der Waals surface area contributed by atoms with Crippen LogP contribution in [0, 0.1) is 11.3 Å². The van der Waals surface area contributed by atoms with E-state index in [2.05, 4.69) is 32.6 Å². The third-order valence-electron chi connectivity index (χ3n) is 5.98. The zero-order valence-electron chi connectivity index (χ0n) is 14.2. The molecule has 3 nitrogen and oxygen atoms in total. The largest absolute Gasteiger partial charge is 0.390 e. The molecule has 0 spiro atoms. The standard InChI is InChI=1S/C17H33NO2/c1-7-17(8-2)9-10-18(12-17)11-13-14(19)16(5,6)20-15(13,3)4/h13-14,19H,7-12H2,1-6H3. The van der Waals surface area contributed by atoms with Crippen LogP contribution in [0.2, 0.25) is 0 Å². The van der Waals surface area contributed by atoms with Gasteiger partial charge in [-0.15, -0.1) is 0 Å². The lowest BCUT2D eigenvalue weighted by atomic mass is 9.81. The Hall–Kier alpha value is -0.120. The number of aliphatic hydroxyl groups is 1. The van der Waals surface area contributed by atoms with Gasteiger partial charge in [0.2, 0.25) is 0 Å². The predicted octanol–water partition coefficient (Wildman–Crippen LogP) is 3.06. The highest BCUT2D eigenvalue weighted by atomic mass is 16.5. The van der Waals surface area contributed by atoms with E-state index < -0.39 is 5.60 Å². The molecule has 1 N–H and O–H groups in total. The van der Waals surface area contributed by atoms with Crippen molar-refractivity contribution in [3.05, 3.63) is 0 Å². The molecular formula is C17H33NO2. The van der Waals surface area contributed by atoms with Crippen LogP contribution < -0.4 is 0 Å². The van der Waals surface area contributed by atoms with Crippen LogP contribution >= 0.6 is 0 Å². The Morgan fingerprint density at radius 1 is 1.10 bits per heavy atom. The first kappa shape index (κ1) is 16.3. The molecule has 20 heavy (non-hydrogen) atoms. The molecule has 0 aromatic rings. The number of hydrogen-bond donors (Lipinski definition) is 1. The number of nitrogens with zero attached hydrogens (tertiary/aromatic N) is 1. The smallest absolute Gasteiger partial charge is 0.0896 e. The van der Waals surface area contributed by atoms with Gasteiger partial charge in [0, 0.05) is 19.0 Å². The van der Waals surface area contributed by atoms with Crippen molar-refractivity contribution in [2.24, 2.45) is 11.3 Å². The minimum Gasteiger partial charge on any atom is -0.390 e. The van der Waals surface area contributed by atoms with Gasteiger partial charge in [-0.1, -0.05) is 13.8 Å². The quantitative estimate of drug-likeness (QED) is 0.860. The van der Waals surface area contributed by atoms with Gasteiger partial charge in [-0.25, -0.2) is 0 Å². The fourth-order valence-electron chi connectivity index (χ4n) is 4.29. The van der Waals surface area contributed by atoms with E-state index in [1.54, 1.807) is 0 Å². The van der Waals surface area contributed by atoms with E-state index in [-0.39, 0.29) is 17.6 Å². The summed E-state index contributed by atoms with van der Waals surface area (Å²) in [6, 6.07) is 0. The summed E-state index contributed by atoms with van der Waals surface area (Å²) in [4.78, 5) is 2.55. The fraction of sp³-hybridized carbons (Fsp3) is 1.00. The molecular weight excluding hydrogens is 250 g/mol. The Bertz CT molecular complexity index is 347. The zero-order chi connectivity index (χ0) is 15.2. The Labute approximate surface area is 124 Å². The average molecular weight is 283 g/mol. The van der Waals surface area contributed by atoms with Gasteiger partial charge in [0.25, 0.3) is 0 Å². The van der Waals surface area contributed by atoms with E-state index in [9.17, 15) is 5.11 Å². The topological polar surface area (TPSA) is 32.7 Å². The van der Waals surface area contributed by atoms with Crippen LogP contribution in [0.15, 0.2) is 0 Å². The highest BCUT2D eigenvalue weighted by Crippen LogP contribution is 2.44. The monoisotopic (exact) mass is 283 g/mol. The first-order valence-corrected chi connectivity index (χ1v) is 8.26. The first-order valence-electron chi connectivity index (χ1n) is 8.26. The predicted molar refractivity (Wildman–Crippen MR) is 82.8 cm³/mol. The van der Waals surface area contributed by atoms with Crippen LogP contribution in [0.3, 0.4) is 0 Å². The lowest BCUT2D eigenvalue weighted by molar-refractivity contribution is -0.0913. The molecule has 2 saturated heterocycles. The molecule has 2 unspecified atom stereocenters.